The zero-order valence-corrected chi connectivity index (χ0v) is 23.5. The van der Waals surface area contributed by atoms with Crippen molar-refractivity contribution in [3.05, 3.63) is 95.6 Å². The highest BCUT2D eigenvalue weighted by atomic mass is 32.2. The van der Waals surface area contributed by atoms with E-state index in [1.165, 1.54) is 17.0 Å². The predicted molar refractivity (Wildman–Crippen MR) is 151 cm³/mol. The number of hydrogen-bond acceptors (Lipinski definition) is 4. The number of anilines is 1. The monoisotopic (exact) mass is 535 g/mol. The van der Waals surface area contributed by atoms with Gasteiger partial charge in [-0.2, -0.15) is 0 Å². The number of nitrogens with one attached hydrogen (secondary N) is 1. The average Bonchev–Trinajstić information content (AvgIpc) is 2.89. The minimum absolute atomic E-state index is 0.0862. The van der Waals surface area contributed by atoms with Crippen molar-refractivity contribution in [2.24, 2.45) is 0 Å². The maximum Gasteiger partial charge on any atom is 0.264 e. The Labute approximate surface area is 226 Å². The van der Waals surface area contributed by atoms with Gasteiger partial charge in [0, 0.05) is 12.6 Å². The molecule has 1 atom stereocenters. The van der Waals surface area contributed by atoms with Crippen LogP contribution in [0.3, 0.4) is 0 Å². The van der Waals surface area contributed by atoms with E-state index in [0.29, 0.717) is 12.1 Å². The number of sulfonamides is 1. The molecule has 2 amide bonds. The van der Waals surface area contributed by atoms with E-state index in [0.717, 1.165) is 21.0 Å². The molecule has 7 nitrogen and oxygen atoms in total. The third-order valence-corrected chi connectivity index (χ3v) is 8.01. The topological polar surface area (TPSA) is 86.8 Å². The summed E-state index contributed by atoms with van der Waals surface area (Å²) < 4.78 is 28.7. The summed E-state index contributed by atoms with van der Waals surface area (Å²) in [5.74, 6) is -0.729. The minimum atomic E-state index is -4.06. The van der Waals surface area contributed by atoms with Crippen molar-refractivity contribution < 1.29 is 18.0 Å². The molecule has 0 aliphatic rings. The van der Waals surface area contributed by atoms with Gasteiger partial charge in [0.15, 0.2) is 0 Å². The maximum absolute atomic E-state index is 14.0. The molecule has 0 spiro atoms. The lowest BCUT2D eigenvalue weighted by atomic mass is 10.1. The van der Waals surface area contributed by atoms with Crippen LogP contribution in [-0.2, 0) is 26.2 Å². The van der Waals surface area contributed by atoms with E-state index in [2.05, 4.69) is 5.32 Å². The zero-order chi connectivity index (χ0) is 27.9. The number of amides is 2. The fourth-order valence-corrected chi connectivity index (χ4v) is 5.59. The Morgan fingerprint density at radius 1 is 0.842 bits per heavy atom. The molecule has 0 aliphatic carbocycles. The second kappa shape index (κ2) is 12.7. The number of carbonyl (C=O) groups is 2. The van der Waals surface area contributed by atoms with Crippen molar-refractivity contribution in [1.82, 2.24) is 10.2 Å². The smallest absolute Gasteiger partial charge is 0.264 e. The van der Waals surface area contributed by atoms with Crippen LogP contribution in [0.15, 0.2) is 83.8 Å². The third-order valence-electron chi connectivity index (χ3n) is 6.22. The Balaban J connectivity index is 2.04. The molecule has 0 aromatic heterocycles. The number of rotatable bonds is 11. The van der Waals surface area contributed by atoms with Gasteiger partial charge in [-0.25, -0.2) is 8.42 Å². The summed E-state index contributed by atoms with van der Waals surface area (Å²) in [4.78, 5) is 28.7. The van der Waals surface area contributed by atoms with Crippen LogP contribution < -0.4 is 9.62 Å². The minimum Gasteiger partial charge on any atom is -0.352 e. The van der Waals surface area contributed by atoms with Gasteiger partial charge >= 0.3 is 0 Å². The van der Waals surface area contributed by atoms with Crippen LogP contribution in [0.2, 0.25) is 0 Å². The van der Waals surface area contributed by atoms with E-state index in [9.17, 15) is 18.0 Å². The first-order valence-corrected chi connectivity index (χ1v) is 14.3. The Hall–Kier alpha value is -3.65. The molecule has 1 unspecified atom stereocenters. The molecular weight excluding hydrogens is 498 g/mol. The Bertz CT molecular complexity index is 1320. The lowest BCUT2D eigenvalue weighted by Gasteiger charge is -2.33. The molecule has 202 valence electrons. The van der Waals surface area contributed by atoms with Gasteiger partial charge in [0.25, 0.3) is 10.0 Å². The number of aryl methyl sites for hydroxylation is 2. The normalized spacial score (nSPS) is 12.2. The predicted octanol–water partition coefficient (Wildman–Crippen LogP) is 4.83. The molecular formula is C30H37N3O4S. The second-order valence-electron chi connectivity index (χ2n) is 9.75. The lowest BCUT2D eigenvalue weighted by molar-refractivity contribution is -0.140. The average molecular weight is 536 g/mol. The van der Waals surface area contributed by atoms with Gasteiger partial charge in [-0.1, -0.05) is 72.6 Å². The summed E-state index contributed by atoms with van der Waals surface area (Å²) >= 11 is 0. The van der Waals surface area contributed by atoms with E-state index >= 15 is 0 Å². The largest absolute Gasteiger partial charge is 0.352 e. The van der Waals surface area contributed by atoms with Crippen LogP contribution >= 0.6 is 0 Å². The van der Waals surface area contributed by atoms with Crippen LogP contribution in [0.1, 0.15) is 43.9 Å². The molecule has 0 bridgehead atoms. The van der Waals surface area contributed by atoms with E-state index in [4.69, 9.17) is 0 Å². The van der Waals surface area contributed by atoms with Crippen LogP contribution in [0.4, 0.5) is 5.69 Å². The molecule has 3 aromatic carbocycles. The number of carbonyl (C=O) groups excluding carboxylic acids is 2. The Kier molecular flexibility index (Phi) is 9.69. The first-order valence-electron chi connectivity index (χ1n) is 12.8. The maximum atomic E-state index is 14.0. The summed E-state index contributed by atoms with van der Waals surface area (Å²) in [7, 11) is -4.06. The van der Waals surface area contributed by atoms with Gasteiger partial charge in [-0.05, 0) is 63.9 Å². The van der Waals surface area contributed by atoms with Crippen LogP contribution in [0.25, 0.3) is 0 Å². The molecule has 0 aliphatic heterocycles. The van der Waals surface area contributed by atoms with Gasteiger partial charge in [0.05, 0.1) is 10.6 Å². The molecule has 1 N–H and O–H groups in total. The number of hydrogen-bond donors (Lipinski definition) is 1. The van der Waals surface area contributed by atoms with Crippen molar-refractivity contribution in [1.29, 1.82) is 0 Å². The molecule has 0 heterocycles. The molecule has 0 radical (unpaired) electrons. The highest BCUT2D eigenvalue weighted by Crippen LogP contribution is 2.25. The van der Waals surface area contributed by atoms with Gasteiger partial charge in [-0.15, -0.1) is 0 Å². The van der Waals surface area contributed by atoms with Crippen molar-refractivity contribution in [3.63, 3.8) is 0 Å². The summed E-state index contributed by atoms with van der Waals surface area (Å²) in [6.45, 7) is 9.19. The van der Waals surface area contributed by atoms with E-state index < -0.39 is 28.5 Å². The first-order chi connectivity index (χ1) is 18.0. The van der Waals surface area contributed by atoms with Crippen molar-refractivity contribution in [3.8, 4) is 0 Å². The van der Waals surface area contributed by atoms with Crippen LogP contribution in [-0.4, -0.2) is 43.8 Å². The molecule has 0 saturated heterocycles. The Morgan fingerprint density at radius 3 is 1.92 bits per heavy atom. The van der Waals surface area contributed by atoms with Crippen molar-refractivity contribution in [2.75, 3.05) is 10.8 Å². The third kappa shape index (κ3) is 7.22. The Morgan fingerprint density at radius 2 is 1.39 bits per heavy atom. The molecule has 3 rings (SSSR count). The van der Waals surface area contributed by atoms with E-state index in [1.807, 2.05) is 71.0 Å². The van der Waals surface area contributed by atoms with E-state index in [-0.39, 0.29) is 23.4 Å². The zero-order valence-electron chi connectivity index (χ0n) is 22.7. The first kappa shape index (κ1) is 28.9. The summed E-state index contributed by atoms with van der Waals surface area (Å²) in [5.41, 5.74) is 3.28. The van der Waals surface area contributed by atoms with E-state index in [1.54, 1.807) is 30.3 Å². The van der Waals surface area contributed by atoms with Crippen LogP contribution in [0, 0.1) is 13.8 Å². The van der Waals surface area contributed by atoms with Crippen molar-refractivity contribution in [2.45, 2.75) is 64.6 Å². The van der Waals surface area contributed by atoms with Gasteiger partial charge < -0.3 is 10.2 Å². The number of nitrogens with zero attached hydrogens (tertiary/aromatic N) is 2. The van der Waals surface area contributed by atoms with Crippen molar-refractivity contribution >= 4 is 27.5 Å². The number of benzene rings is 3. The molecule has 3 aromatic rings. The van der Waals surface area contributed by atoms with Gasteiger partial charge in [0.2, 0.25) is 11.8 Å². The fraction of sp³-hybridized carbons (Fsp3) is 0.333. The highest BCUT2D eigenvalue weighted by Gasteiger charge is 2.33. The molecule has 0 saturated carbocycles. The van der Waals surface area contributed by atoms with Gasteiger partial charge in [-0.3, -0.25) is 13.9 Å². The molecule has 8 heteroatoms. The fourth-order valence-electron chi connectivity index (χ4n) is 4.15. The summed E-state index contributed by atoms with van der Waals surface area (Å²) in [6.07, 6.45) is 0.381. The SMILES string of the molecule is CCC(C(=O)NC(C)C)N(Cc1ccc(C)cc1)C(=O)CN(c1ccc(C)cc1)S(=O)(=O)c1ccccc1. The summed E-state index contributed by atoms with van der Waals surface area (Å²) in [6, 6.07) is 21.9. The quantitative estimate of drug-likeness (QED) is 0.381. The van der Waals surface area contributed by atoms with Gasteiger partial charge in [0.1, 0.15) is 12.6 Å². The van der Waals surface area contributed by atoms with Crippen LogP contribution in [0.5, 0.6) is 0 Å². The molecule has 0 fully saturated rings. The lowest BCUT2D eigenvalue weighted by Crippen LogP contribution is -2.53. The second-order valence-corrected chi connectivity index (χ2v) is 11.6. The highest BCUT2D eigenvalue weighted by molar-refractivity contribution is 7.92. The summed E-state index contributed by atoms with van der Waals surface area (Å²) in [5, 5.41) is 2.91. The standard InChI is InChI=1S/C30H37N3O4S/c1-6-28(30(35)31-22(2)3)32(20-25-16-12-23(4)13-17-25)29(34)21-33(26-18-14-24(5)15-19-26)38(36,37)27-10-8-7-9-11-27/h7-19,22,28H,6,20-21H2,1-5H3,(H,31,35). The molecule has 38 heavy (non-hydrogen) atoms.